The van der Waals surface area contributed by atoms with Crippen LogP contribution in [0.2, 0.25) is 0 Å². The van der Waals surface area contributed by atoms with Gasteiger partial charge in [0.1, 0.15) is 0 Å². The van der Waals surface area contributed by atoms with Gasteiger partial charge in [-0.15, -0.1) is 0 Å². The summed E-state index contributed by atoms with van der Waals surface area (Å²) in [5.74, 6) is -0.244. The predicted octanol–water partition coefficient (Wildman–Crippen LogP) is 5.82. The zero-order valence-corrected chi connectivity index (χ0v) is 21.5. The summed E-state index contributed by atoms with van der Waals surface area (Å²) in [6.07, 6.45) is 11.9. The van der Waals surface area contributed by atoms with Crippen LogP contribution in [0.5, 0.6) is 0 Å². The number of imidazole rings is 1. The summed E-state index contributed by atoms with van der Waals surface area (Å²) in [7, 11) is 2.01. The van der Waals surface area contributed by atoms with Crippen molar-refractivity contribution in [1.82, 2.24) is 14.1 Å². The second-order valence-electron chi connectivity index (χ2n) is 9.45. The lowest BCUT2D eigenvalue weighted by Crippen LogP contribution is -2.26. The lowest BCUT2D eigenvalue weighted by Gasteiger charge is -2.07. The molecule has 1 aliphatic rings. The molecule has 0 N–H and O–H groups in total. The van der Waals surface area contributed by atoms with E-state index < -0.39 is 0 Å². The van der Waals surface area contributed by atoms with Crippen molar-refractivity contribution in [3.05, 3.63) is 64.5 Å². The number of amides is 1. The lowest BCUT2D eigenvalue weighted by molar-refractivity contribution is 0.0995. The van der Waals surface area contributed by atoms with E-state index in [4.69, 9.17) is 0 Å². The summed E-state index contributed by atoms with van der Waals surface area (Å²) in [5.41, 5.74) is 7.38. The Morgan fingerprint density at radius 1 is 1.03 bits per heavy atom. The summed E-state index contributed by atoms with van der Waals surface area (Å²) in [5, 5.41) is 0. The van der Waals surface area contributed by atoms with Gasteiger partial charge >= 0.3 is 0 Å². The molecule has 0 unspecified atom stereocenters. The molecule has 0 fully saturated rings. The Morgan fingerprint density at radius 2 is 1.86 bits per heavy atom. The Bertz CT molecular complexity index is 1340. The number of hydrogen-bond donors (Lipinski definition) is 0. The number of aryl methyl sites for hydroxylation is 4. The van der Waals surface area contributed by atoms with Gasteiger partial charge in [-0.2, -0.15) is 4.99 Å². The van der Waals surface area contributed by atoms with E-state index in [9.17, 15) is 4.79 Å². The topological polar surface area (TPSA) is 64.5 Å². The third kappa shape index (κ3) is 5.69. The van der Waals surface area contributed by atoms with Crippen LogP contribution >= 0.6 is 0 Å². The molecule has 3 aromatic rings. The zero-order chi connectivity index (χ0) is 24.8. The normalized spacial score (nSPS) is 13.7. The Labute approximate surface area is 208 Å². The van der Waals surface area contributed by atoms with Gasteiger partial charge in [-0.1, -0.05) is 51.7 Å². The van der Waals surface area contributed by atoms with Crippen LogP contribution in [0.25, 0.3) is 16.6 Å². The van der Waals surface area contributed by atoms with Gasteiger partial charge in [-0.25, -0.2) is 0 Å². The van der Waals surface area contributed by atoms with Crippen LogP contribution in [0, 0.1) is 6.92 Å². The smallest absolute Gasteiger partial charge is 0.280 e. The highest BCUT2D eigenvalue weighted by atomic mass is 16.1. The van der Waals surface area contributed by atoms with Crippen molar-refractivity contribution in [2.75, 3.05) is 6.54 Å². The zero-order valence-electron chi connectivity index (χ0n) is 21.5. The molecule has 3 heterocycles. The number of pyridine rings is 1. The lowest BCUT2D eigenvalue weighted by atomic mass is 10.1. The molecule has 35 heavy (non-hydrogen) atoms. The highest BCUT2D eigenvalue weighted by molar-refractivity contribution is 6.11. The minimum Gasteiger partial charge on any atom is -0.313 e. The second kappa shape index (κ2) is 11.4. The number of allylic oxidation sites excluding steroid dienone is 1. The fourth-order valence-corrected chi connectivity index (χ4v) is 4.68. The van der Waals surface area contributed by atoms with Gasteiger partial charge in [0.2, 0.25) is 5.62 Å². The molecule has 1 amide bonds. The van der Waals surface area contributed by atoms with Crippen LogP contribution in [0.3, 0.4) is 0 Å². The molecule has 0 bridgehead atoms. The molecule has 0 saturated carbocycles. The maximum Gasteiger partial charge on any atom is 0.280 e. The van der Waals surface area contributed by atoms with Crippen molar-refractivity contribution in [2.45, 2.75) is 72.3 Å². The van der Waals surface area contributed by atoms with Crippen molar-refractivity contribution < 1.29 is 4.79 Å². The second-order valence-corrected chi connectivity index (χ2v) is 9.45. The number of benzene rings is 1. The maximum atomic E-state index is 13.4. The molecular formula is C29H37N5O. The standard InChI is InChI=1S/C29H37N5O/c1-5-7-9-10-16-34-27-18-22(11-8-6-2)12-13-26(27)33(4)29(34)32-28(35)24-17-21(3)31-25(19-24)23-14-15-30-20-23/h12-14,17-20H,5-11,15-16H2,1-4H3. The van der Waals surface area contributed by atoms with Crippen LogP contribution in [-0.2, 0) is 20.0 Å². The average molecular weight is 472 g/mol. The van der Waals surface area contributed by atoms with Crippen LogP contribution < -0.4 is 5.62 Å². The number of hydrogen-bond acceptors (Lipinski definition) is 3. The van der Waals surface area contributed by atoms with Crippen LogP contribution in [0.4, 0.5) is 0 Å². The summed E-state index contributed by atoms with van der Waals surface area (Å²) in [6, 6.07) is 10.3. The van der Waals surface area contributed by atoms with E-state index in [0.717, 1.165) is 47.4 Å². The molecule has 2 aromatic heterocycles. The van der Waals surface area contributed by atoms with Crippen LogP contribution in [0.15, 0.2) is 46.4 Å². The molecule has 184 valence electrons. The molecular weight excluding hydrogens is 434 g/mol. The first-order valence-electron chi connectivity index (χ1n) is 13.0. The summed E-state index contributed by atoms with van der Waals surface area (Å²) in [4.78, 5) is 27.0. The molecule has 0 atom stereocenters. The average Bonchev–Trinajstić information content (AvgIpc) is 3.48. The first-order valence-corrected chi connectivity index (χ1v) is 13.0. The number of carbonyl (C=O) groups excluding carboxylic acids is 1. The van der Waals surface area contributed by atoms with E-state index >= 15 is 0 Å². The number of carbonyl (C=O) groups is 1. The third-order valence-electron chi connectivity index (χ3n) is 6.63. The van der Waals surface area contributed by atoms with Crippen molar-refractivity contribution in [3.8, 4) is 0 Å². The monoisotopic (exact) mass is 471 g/mol. The molecule has 0 aliphatic carbocycles. The Hall–Kier alpha value is -3.28. The van der Waals surface area contributed by atoms with E-state index in [1.807, 2.05) is 38.4 Å². The molecule has 6 heteroatoms. The highest BCUT2D eigenvalue weighted by Crippen LogP contribution is 2.19. The van der Waals surface area contributed by atoms with Gasteiger partial charge in [-0.3, -0.25) is 14.8 Å². The summed E-state index contributed by atoms with van der Waals surface area (Å²) in [6.45, 7) is 7.87. The maximum absolute atomic E-state index is 13.4. The quantitative estimate of drug-likeness (QED) is 0.350. The van der Waals surface area contributed by atoms with E-state index in [0.29, 0.717) is 17.7 Å². The molecule has 1 aromatic carbocycles. The minimum atomic E-state index is -0.244. The van der Waals surface area contributed by atoms with E-state index in [1.54, 1.807) is 0 Å². The van der Waals surface area contributed by atoms with Crippen LogP contribution in [0.1, 0.15) is 79.7 Å². The first kappa shape index (κ1) is 24.8. The number of nitrogens with zero attached hydrogens (tertiary/aromatic N) is 5. The molecule has 0 saturated heterocycles. The SMILES string of the molecule is CCCCCCn1c(=NC(=O)c2cc(C)nc(C3=CCN=C3)c2)n(C)c2ccc(CCCC)cc21. The van der Waals surface area contributed by atoms with Crippen molar-refractivity contribution in [2.24, 2.45) is 17.0 Å². The van der Waals surface area contributed by atoms with E-state index in [-0.39, 0.29) is 5.91 Å². The number of fused-ring (bicyclic) bond motifs is 1. The molecule has 1 aliphatic heterocycles. The molecule has 0 spiro atoms. The number of aromatic nitrogens is 3. The van der Waals surface area contributed by atoms with Gasteiger partial charge in [-0.05, 0) is 56.0 Å². The number of rotatable bonds is 10. The van der Waals surface area contributed by atoms with Crippen molar-refractivity contribution in [1.29, 1.82) is 0 Å². The number of unbranched alkanes of at least 4 members (excludes halogenated alkanes) is 4. The van der Waals surface area contributed by atoms with Crippen LogP contribution in [-0.4, -0.2) is 32.8 Å². The van der Waals surface area contributed by atoms with Gasteiger partial charge in [0, 0.05) is 36.6 Å². The summed E-state index contributed by atoms with van der Waals surface area (Å²) >= 11 is 0. The highest BCUT2D eigenvalue weighted by Gasteiger charge is 2.15. The van der Waals surface area contributed by atoms with E-state index in [1.165, 1.54) is 37.7 Å². The van der Waals surface area contributed by atoms with Gasteiger partial charge in [0.15, 0.2) is 0 Å². The Morgan fingerprint density at radius 3 is 2.60 bits per heavy atom. The predicted molar refractivity (Wildman–Crippen MR) is 144 cm³/mol. The number of aliphatic imine (C=N–C) groups is 1. The largest absolute Gasteiger partial charge is 0.313 e. The van der Waals surface area contributed by atoms with Crippen molar-refractivity contribution in [3.63, 3.8) is 0 Å². The van der Waals surface area contributed by atoms with Gasteiger partial charge in [0.25, 0.3) is 5.91 Å². The summed E-state index contributed by atoms with van der Waals surface area (Å²) < 4.78 is 4.29. The fraction of sp³-hybridized carbons (Fsp3) is 0.448. The molecule has 4 rings (SSSR count). The molecule has 0 radical (unpaired) electrons. The van der Waals surface area contributed by atoms with Gasteiger partial charge < -0.3 is 9.13 Å². The van der Waals surface area contributed by atoms with Crippen molar-refractivity contribution >= 4 is 28.7 Å². The van der Waals surface area contributed by atoms with E-state index in [2.05, 4.69) is 56.1 Å². The molecule has 6 nitrogen and oxygen atoms in total. The third-order valence-corrected chi connectivity index (χ3v) is 6.63. The Kier molecular flexibility index (Phi) is 8.11. The fourth-order valence-electron chi connectivity index (χ4n) is 4.68. The first-order chi connectivity index (χ1) is 17.0. The Balaban J connectivity index is 1.77. The minimum absolute atomic E-state index is 0.244. The van der Waals surface area contributed by atoms with Gasteiger partial charge in [0.05, 0.1) is 23.3 Å².